The van der Waals surface area contributed by atoms with E-state index in [2.05, 4.69) is 0 Å². The number of allylic oxidation sites excluding steroid dienone is 1. The van der Waals surface area contributed by atoms with E-state index in [9.17, 15) is 9.59 Å². The normalized spacial score (nSPS) is 23.2. The van der Waals surface area contributed by atoms with Gasteiger partial charge in [-0.3, -0.25) is 9.59 Å². The highest BCUT2D eigenvalue weighted by atomic mass is 16.3. The van der Waals surface area contributed by atoms with Crippen molar-refractivity contribution in [2.45, 2.75) is 20.0 Å². The van der Waals surface area contributed by atoms with Crippen LogP contribution in [0.1, 0.15) is 13.8 Å². The average Bonchev–Trinajstić information content (AvgIpc) is 3.26. The Morgan fingerprint density at radius 2 is 1.33 bits per heavy atom. The molecule has 3 aliphatic heterocycles. The number of hydrogen-bond donors (Lipinski definition) is 1. The van der Waals surface area contributed by atoms with Crippen LogP contribution in [0.15, 0.2) is 23.2 Å². The Labute approximate surface area is 124 Å². The van der Waals surface area contributed by atoms with Gasteiger partial charge in [-0.05, 0) is 13.8 Å². The third-order valence-corrected chi connectivity index (χ3v) is 3.49. The van der Waals surface area contributed by atoms with Crippen molar-refractivity contribution < 1.29 is 14.7 Å². The van der Waals surface area contributed by atoms with Crippen LogP contribution < -0.4 is 0 Å². The first-order chi connectivity index (χ1) is 9.99. The highest BCUT2D eigenvalue weighted by Crippen LogP contribution is 2.33. The third-order valence-electron chi connectivity index (χ3n) is 3.49. The molecule has 114 valence electrons. The molecule has 6 nitrogen and oxygen atoms in total. The maximum absolute atomic E-state index is 12.4. The Balaban J connectivity index is 0.000000298. The van der Waals surface area contributed by atoms with Gasteiger partial charge in [0.15, 0.2) is 0 Å². The summed E-state index contributed by atoms with van der Waals surface area (Å²) in [6.45, 7) is 8.85. The van der Waals surface area contributed by atoms with Crippen molar-refractivity contribution in [3.05, 3.63) is 23.2 Å². The second kappa shape index (κ2) is 5.18. The predicted octanol–water partition coefficient (Wildman–Crippen LogP) is -0.432. The van der Waals surface area contributed by atoms with Crippen molar-refractivity contribution in [2.75, 3.05) is 39.3 Å². The fourth-order valence-corrected chi connectivity index (χ4v) is 2.28. The Morgan fingerprint density at radius 1 is 0.905 bits per heavy atom. The Morgan fingerprint density at radius 3 is 1.76 bits per heavy atom. The highest BCUT2D eigenvalue weighted by Gasteiger charge is 2.43. The second-order valence-electron chi connectivity index (χ2n) is 5.98. The van der Waals surface area contributed by atoms with Gasteiger partial charge in [-0.1, -0.05) is 0 Å². The molecule has 4 rings (SSSR count). The van der Waals surface area contributed by atoms with Crippen molar-refractivity contribution in [1.29, 1.82) is 0 Å². The summed E-state index contributed by atoms with van der Waals surface area (Å²) in [6.07, 6.45) is 1.36. The van der Waals surface area contributed by atoms with E-state index in [-0.39, 0.29) is 17.7 Å². The quantitative estimate of drug-likeness (QED) is 0.562. The molecule has 0 amide bonds. The summed E-state index contributed by atoms with van der Waals surface area (Å²) < 4.78 is 0. The first-order valence-corrected chi connectivity index (χ1v) is 7.47. The van der Waals surface area contributed by atoms with Crippen molar-refractivity contribution >= 4 is 11.6 Å². The fraction of sp³-hybridized carbons (Fsp3) is 0.600. The smallest absolute Gasteiger partial charge is 0.227 e. The second-order valence-corrected chi connectivity index (χ2v) is 5.98. The number of carbonyl (C=O) groups is 2. The summed E-state index contributed by atoms with van der Waals surface area (Å²) >= 11 is 0. The van der Waals surface area contributed by atoms with Gasteiger partial charge in [-0.25, -0.2) is 0 Å². The molecular weight excluding hydrogens is 270 g/mol. The van der Waals surface area contributed by atoms with Gasteiger partial charge in [-0.15, -0.1) is 0 Å². The largest absolute Gasteiger partial charge is 0.394 e. The lowest BCUT2D eigenvalue weighted by Crippen LogP contribution is -2.29. The summed E-state index contributed by atoms with van der Waals surface area (Å²) in [5.74, 6) is 0.0485. The molecule has 0 bridgehead atoms. The number of hydrogen-bond acceptors (Lipinski definition) is 6. The maximum atomic E-state index is 12.4. The molecule has 0 spiro atoms. The van der Waals surface area contributed by atoms with Crippen LogP contribution in [0.5, 0.6) is 0 Å². The van der Waals surface area contributed by atoms with Gasteiger partial charge in [0.2, 0.25) is 11.6 Å². The lowest BCUT2D eigenvalue weighted by molar-refractivity contribution is -0.117. The van der Waals surface area contributed by atoms with Gasteiger partial charge in [-0.2, -0.15) is 0 Å². The van der Waals surface area contributed by atoms with Crippen LogP contribution in [0, 0.1) is 0 Å². The zero-order valence-corrected chi connectivity index (χ0v) is 12.5. The summed E-state index contributed by atoms with van der Waals surface area (Å²) in [5.41, 5.74) is 1.89. The van der Waals surface area contributed by atoms with Gasteiger partial charge in [0.25, 0.3) is 0 Å². The summed E-state index contributed by atoms with van der Waals surface area (Å²) in [6, 6.07) is 0. The summed E-state index contributed by atoms with van der Waals surface area (Å²) in [7, 11) is 0. The van der Waals surface area contributed by atoms with E-state index < -0.39 is 0 Å². The number of carbonyl (C=O) groups excluding carboxylic acids is 2. The predicted molar refractivity (Wildman–Crippen MR) is 77.2 cm³/mol. The topological polar surface area (TPSA) is 63.4 Å². The van der Waals surface area contributed by atoms with Crippen molar-refractivity contribution in [2.24, 2.45) is 0 Å². The minimum Gasteiger partial charge on any atom is -0.394 e. The van der Waals surface area contributed by atoms with Gasteiger partial charge < -0.3 is 19.8 Å². The minimum absolute atomic E-state index is 0.00546. The van der Waals surface area contributed by atoms with Crippen LogP contribution in [0.4, 0.5) is 0 Å². The molecule has 0 unspecified atom stereocenters. The Hall–Kier alpha value is -1.82. The van der Waals surface area contributed by atoms with Crippen LogP contribution >= 0.6 is 0 Å². The van der Waals surface area contributed by atoms with Crippen LogP contribution in [-0.4, -0.2) is 76.7 Å². The molecule has 3 saturated heterocycles. The SMILES string of the molecule is CC(C)O.O=C1C=C(N2CC2)C(=O)C(N2CC2)=C1N1CC1. The molecule has 21 heavy (non-hydrogen) atoms. The minimum atomic E-state index is -0.167. The zero-order chi connectivity index (χ0) is 15.1. The highest BCUT2D eigenvalue weighted by molar-refractivity contribution is 6.22. The van der Waals surface area contributed by atoms with Crippen LogP contribution in [0.25, 0.3) is 0 Å². The first kappa shape index (κ1) is 14.1. The molecule has 4 aliphatic rings. The van der Waals surface area contributed by atoms with Crippen LogP contribution in [-0.2, 0) is 9.59 Å². The van der Waals surface area contributed by atoms with Gasteiger partial charge in [0.1, 0.15) is 11.4 Å². The number of nitrogens with zero attached hydrogens (tertiary/aromatic N) is 3. The summed E-state index contributed by atoms with van der Waals surface area (Å²) in [5, 5.41) is 8.06. The van der Waals surface area contributed by atoms with Crippen LogP contribution in [0.3, 0.4) is 0 Å². The molecule has 0 aromatic rings. The molecule has 6 heteroatoms. The van der Waals surface area contributed by atoms with Gasteiger partial charge in [0.05, 0.1) is 5.70 Å². The number of aliphatic hydroxyl groups is 1. The van der Waals surface area contributed by atoms with Gasteiger partial charge in [0, 0.05) is 51.4 Å². The van der Waals surface area contributed by atoms with E-state index in [1.54, 1.807) is 13.8 Å². The molecule has 0 saturated carbocycles. The van der Waals surface area contributed by atoms with E-state index in [1.807, 2.05) is 14.7 Å². The van der Waals surface area contributed by atoms with Crippen molar-refractivity contribution in [3.63, 3.8) is 0 Å². The fourth-order valence-electron chi connectivity index (χ4n) is 2.28. The Bertz CT molecular complexity index is 536. The average molecular weight is 291 g/mol. The molecule has 0 atom stereocenters. The monoisotopic (exact) mass is 291 g/mol. The van der Waals surface area contributed by atoms with Crippen molar-refractivity contribution in [1.82, 2.24) is 14.7 Å². The number of rotatable bonds is 3. The lowest BCUT2D eigenvalue weighted by Gasteiger charge is -2.21. The Kier molecular flexibility index (Phi) is 3.49. The zero-order valence-electron chi connectivity index (χ0n) is 12.5. The first-order valence-electron chi connectivity index (χ1n) is 7.47. The number of ketones is 2. The molecule has 1 N–H and O–H groups in total. The standard InChI is InChI=1S/C12H13N3O2.C3H8O/c16-9-7-8(13-1-2-13)12(17)11(15-5-6-15)10(9)14-3-4-14;1-3(2)4/h7H,1-6H2;3-4H,1-2H3. The molecule has 3 fully saturated rings. The molecule has 0 radical (unpaired) electrons. The summed E-state index contributed by atoms with van der Waals surface area (Å²) in [4.78, 5) is 30.5. The van der Waals surface area contributed by atoms with Gasteiger partial charge >= 0.3 is 0 Å². The molecule has 3 heterocycles. The lowest BCUT2D eigenvalue weighted by atomic mass is 10.0. The van der Waals surface area contributed by atoms with Crippen LogP contribution in [0.2, 0.25) is 0 Å². The number of Topliss-reactive ketones (excluding diaryl/α,β-unsaturated/α-hetero) is 1. The maximum Gasteiger partial charge on any atom is 0.227 e. The molecular formula is C15H21N3O3. The van der Waals surface area contributed by atoms with E-state index in [4.69, 9.17) is 5.11 Å². The molecule has 0 aromatic heterocycles. The van der Waals surface area contributed by atoms with E-state index in [1.165, 1.54) is 6.08 Å². The van der Waals surface area contributed by atoms with E-state index in [0.29, 0.717) is 17.1 Å². The molecule has 1 aliphatic carbocycles. The van der Waals surface area contributed by atoms with E-state index in [0.717, 1.165) is 39.3 Å². The number of aliphatic hydroxyl groups excluding tert-OH is 1. The van der Waals surface area contributed by atoms with Crippen molar-refractivity contribution in [3.8, 4) is 0 Å². The third kappa shape index (κ3) is 3.10. The van der Waals surface area contributed by atoms with E-state index >= 15 is 0 Å². The molecule has 0 aromatic carbocycles.